The number of nitrogens with zero attached hydrogens (tertiary/aromatic N) is 3. The predicted octanol–water partition coefficient (Wildman–Crippen LogP) is 5.54. The molecular formula is C22H19N3S. The van der Waals surface area contributed by atoms with Crippen molar-refractivity contribution < 1.29 is 0 Å². The van der Waals surface area contributed by atoms with Crippen LogP contribution in [0.25, 0.3) is 17.1 Å². The first-order chi connectivity index (χ1) is 12.8. The maximum absolute atomic E-state index is 4.51. The van der Waals surface area contributed by atoms with E-state index >= 15 is 0 Å². The Balaban J connectivity index is 1.75. The van der Waals surface area contributed by atoms with Gasteiger partial charge in [-0.3, -0.25) is 4.57 Å². The van der Waals surface area contributed by atoms with Crippen LogP contribution in [-0.4, -0.2) is 14.8 Å². The van der Waals surface area contributed by atoms with E-state index in [0.29, 0.717) is 0 Å². The molecule has 0 aliphatic heterocycles. The van der Waals surface area contributed by atoms with E-state index in [1.165, 1.54) is 11.1 Å². The van der Waals surface area contributed by atoms with Crippen molar-refractivity contribution in [2.45, 2.75) is 17.8 Å². The highest BCUT2D eigenvalue weighted by Gasteiger charge is 2.16. The topological polar surface area (TPSA) is 30.7 Å². The van der Waals surface area contributed by atoms with Crippen molar-refractivity contribution in [1.29, 1.82) is 0 Å². The summed E-state index contributed by atoms with van der Waals surface area (Å²) in [5, 5.41) is 9.90. The highest BCUT2D eigenvalue weighted by atomic mass is 32.2. The van der Waals surface area contributed by atoms with Gasteiger partial charge in [0, 0.05) is 17.0 Å². The lowest BCUT2D eigenvalue weighted by Gasteiger charge is -2.10. The van der Waals surface area contributed by atoms with Gasteiger partial charge in [-0.05, 0) is 30.7 Å². The smallest absolute Gasteiger partial charge is 0.196 e. The van der Waals surface area contributed by atoms with Crippen molar-refractivity contribution in [2.75, 3.05) is 0 Å². The van der Waals surface area contributed by atoms with Gasteiger partial charge in [-0.15, -0.1) is 10.2 Å². The lowest BCUT2D eigenvalue weighted by molar-refractivity contribution is 0.886. The molecule has 4 heteroatoms. The van der Waals surface area contributed by atoms with Gasteiger partial charge in [0.25, 0.3) is 0 Å². The summed E-state index contributed by atoms with van der Waals surface area (Å²) in [6.07, 6.45) is 0. The van der Waals surface area contributed by atoms with Crippen LogP contribution in [0.1, 0.15) is 11.1 Å². The lowest BCUT2D eigenvalue weighted by atomic mass is 10.1. The molecule has 0 aliphatic rings. The normalized spacial score (nSPS) is 10.8. The minimum atomic E-state index is 0.861. The van der Waals surface area contributed by atoms with Gasteiger partial charge in [0.15, 0.2) is 11.0 Å². The van der Waals surface area contributed by atoms with E-state index < -0.39 is 0 Å². The third kappa shape index (κ3) is 3.55. The molecule has 0 spiro atoms. The highest BCUT2D eigenvalue weighted by molar-refractivity contribution is 7.98. The lowest BCUT2D eigenvalue weighted by Crippen LogP contribution is -1.99. The SMILES string of the molecule is Cc1cccc(-c2nnc(SCc3ccccc3)n2-c2ccccc2)c1. The Morgan fingerprint density at radius 1 is 0.808 bits per heavy atom. The van der Waals surface area contributed by atoms with Gasteiger partial charge >= 0.3 is 0 Å². The van der Waals surface area contributed by atoms with E-state index in [2.05, 4.69) is 82.4 Å². The number of hydrogen-bond donors (Lipinski definition) is 0. The second kappa shape index (κ2) is 7.58. The number of benzene rings is 3. The molecule has 0 saturated heterocycles. The van der Waals surface area contributed by atoms with Crippen LogP contribution in [-0.2, 0) is 5.75 Å². The minimum absolute atomic E-state index is 0.861. The van der Waals surface area contributed by atoms with Gasteiger partial charge in [0.2, 0.25) is 0 Å². The Kier molecular flexibility index (Phi) is 4.84. The maximum atomic E-state index is 4.51. The first kappa shape index (κ1) is 16.6. The summed E-state index contributed by atoms with van der Waals surface area (Å²) in [5.74, 6) is 1.73. The molecule has 1 aromatic heterocycles. The number of para-hydroxylation sites is 1. The van der Waals surface area contributed by atoms with Gasteiger partial charge in [0.05, 0.1) is 0 Å². The Bertz CT molecular complexity index is 994. The van der Waals surface area contributed by atoms with E-state index in [1.807, 2.05) is 24.3 Å². The number of rotatable bonds is 5. The standard InChI is InChI=1S/C22H19N3S/c1-17-9-8-12-19(15-17)21-23-24-22(25(21)20-13-6-3-7-14-20)26-16-18-10-4-2-5-11-18/h2-15H,16H2,1H3. The van der Waals surface area contributed by atoms with Crippen LogP contribution >= 0.6 is 11.8 Å². The van der Waals surface area contributed by atoms with E-state index in [9.17, 15) is 0 Å². The summed E-state index contributed by atoms with van der Waals surface area (Å²) in [4.78, 5) is 0. The Labute approximate surface area is 157 Å². The molecule has 3 nitrogen and oxygen atoms in total. The monoisotopic (exact) mass is 357 g/mol. The molecule has 1 heterocycles. The molecule has 0 radical (unpaired) electrons. The van der Waals surface area contributed by atoms with E-state index in [4.69, 9.17) is 0 Å². The van der Waals surface area contributed by atoms with Crippen molar-refractivity contribution in [3.8, 4) is 17.1 Å². The molecule has 0 atom stereocenters. The molecule has 0 fully saturated rings. The largest absolute Gasteiger partial charge is 0.270 e. The predicted molar refractivity (Wildman–Crippen MR) is 108 cm³/mol. The Hall–Kier alpha value is -2.85. The summed E-state index contributed by atoms with van der Waals surface area (Å²) in [5.41, 5.74) is 4.64. The average molecular weight is 357 g/mol. The van der Waals surface area contributed by atoms with Crippen LogP contribution in [0, 0.1) is 6.92 Å². The maximum Gasteiger partial charge on any atom is 0.196 e. The zero-order valence-corrected chi connectivity index (χ0v) is 15.4. The fourth-order valence-electron chi connectivity index (χ4n) is 2.87. The summed E-state index contributed by atoms with van der Waals surface area (Å²) in [6.45, 7) is 2.10. The van der Waals surface area contributed by atoms with Gasteiger partial charge < -0.3 is 0 Å². The fraction of sp³-hybridized carbons (Fsp3) is 0.0909. The highest BCUT2D eigenvalue weighted by Crippen LogP contribution is 2.29. The van der Waals surface area contributed by atoms with Crippen molar-refractivity contribution in [3.63, 3.8) is 0 Å². The summed E-state index contributed by atoms with van der Waals surface area (Å²) in [6, 6.07) is 29.1. The molecule has 3 aromatic carbocycles. The number of aryl methyl sites for hydroxylation is 1. The van der Waals surface area contributed by atoms with Crippen LogP contribution in [0.5, 0.6) is 0 Å². The van der Waals surface area contributed by atoms with Crippen LogP contribution in [0.15, 0.2) is 90.1 Å². The molecule has 0 saturated carbocycles. The summed E-state index contributed by atoms with van der Waals surface area (Å²) < 4.78 is 2.14. The molecule has 0 aliphatic carbocycles. The van der Waals surface area contributed by atoms with Gasteiger partial charge in [0.1, 0.15) is 0 Å². The van der Waals surface area contributed by atoms with Crippen LogP contribution in [0.4, 0.5) is 0 Å². The third-order valence-corrected chi connectivity index (χ3v) is 5.13. The molecule has 4 aromatic rings. The summed E-state index contributed by atoms with van der Waals surface area (Å²) >= 11 is 1.70. The fourth-order valence-corrected chi connectivity index (χ4v) is 3.77. The van der Waals surface area contributed by atoms with Gasteiger partial charge in [-0.1, -0.05) is 84.1 Å². The van der Waals surface area contributed by atoms with Crippen molar-refractivity contribution in [2.24, 2.45) is 0 Å². The molecule has 0 N–H and O–H groups in total. The van der Waals surface area contributed by atoms with Gasteiger partial charge in [-0.25, -0.2) is 0 Å². The second-order valence-electron chi connectivity index (χ2n) is 6.12. The Morgan fingerprint density at radius 2 is 1.54 bits per heavy atom. The van der Waals surface area contributed by atoms with Gasteiger partial charge in [-0.2, -0.15) is 0 Å². The molecule has 26 heavy (non-hydrogen) atoms. The van der Waals surface area contributed by atoms with Crippen molar-refractivity contribution in [1.82, 2.24) is 14.8 Å². The molecule has 4 rings (SSSR count). The van der Waals surface area contributed by atoms with E-state index in [0.717, 1.165) is 28.0 Å². The number of hydrogen-bond acceptors (Lipinski definition) is 3. The Morgan fingerprint density at radius 3 is 2.27 bits per heavy atom. The van der Waals surface area contributed by atoms with Crippen LogP contribution in [0.3, 0.4) is 0 Å². The summed E-state index contributed by atoms with van der Waals surface area (Å²) in [7, 11) is 0. The van der Waals surface area contributed by atoms with Crippen LogP contribution in [0.2, 0.25) is 0 Å². The second-order valence-corrected chi connectivity index (χ2v) is 7.06. The quantitative estimate of drug-likeness (QED) is 0.440. The first-order valence-corrected chi connectivity index (χ1v) is 9.54. The molecular weight excluding hydrogens is 338 g/mol. The minimum Gasteiger partial charge on any atom is -0.270 e. The number of aromatic nitrogens is 3. The van der Waals surface area contributed by atoms with Crippen molar-refractivity contribution in [3.05, 3.63) is 96.1 Å². The molecule has 128 valence electrons. The molecule has 0 amide bonds. The zero-order valence-electron chi connectivity index (χ0n) is 14.5. The first-order valence-electron chi connectivity index (χ1n) is 8.56. The van der Waals surface area contributed by atoms with E-state index in [1.54, 1.807) is 11.8 Å². The molecule has 0 unspecified atom stereocenters. The molecule has 0 bridgehead atoms. The van der Waals surface area contributed by atoms with Crippen molar-refractivity contribution >= 4 is 11.8 Å². The van der Waals surface area contributed by atoms with E-state index in [-0.39, 0.29) is 0 Å². The zero-order chi connectivity index (χ0) is 17.8. The number of thioether (sulfide) groups is 1. The van der Waals surface area contributed by atoms with Crippen LogP contribution < -0.4 is 0 Å². The third-order valence-electron chi connectivity index (χ3n) is 4.13. The average Bonchev–Trinajstić information content (AvgIpc) is 3.12.